The number of ether oxygens (including phenoxy) is 1. The van der Waals surface area contributed by atoms with Gasteiger partial charge in [0.15, 0.2) is 0 Å². The average Bonchev–Trinajstić information content (AvgIpc) is 2.25. The zero-order valence-electron chi connectivity index (χ0n) is 9.66. The van der Waals surface area contributed by atoms with Crippen LogP contribution in [-0.4, -0.2) is 20.2 Å². The van der Waals surface area contributed by atoms with Crippen molar-refractivity contribution in [2.45, 2.75) is 25.4 Å². The SMILES string of the molecule is CNC(CC(C)N)c1ccccc1OC. The molecule has 0 heterocycles. The van der Waals surface area contributed by atoms with Crippen molar-refractivity contribution in [3.05, 3.63) is 29.8 Å². The first-order chi connectivity index (χ1) is 7.19. The molecule has 1 aromatic carbocycles. The van der Waals surface area contributed by atoms with Crippen molar-refractivity contribution in [3.63, 3.8) is 0 Å². The van der Waals surface area contributed by atoms with Crippen LogP contribution in [0.1, 0.15) is 24.9 Å². The Balaban J connectivity index is 2.90. The van der Waals surface area contributed by atoms with Gasteiger partial charge < -0.3 is 15.8 Å². The molecule has 0 amide bonds. The van der Waals surface area contributed by atoms with E-state index in [0.29, 0.717) is 0 Å². The van der Waals surface area contributed by atoms with Crippen molar-refractivity contribution in [2.24, 2.45) is 5.73 Å². The number of methoxy groups -OCH3 is 1. The van der Waals surface area contributed by atoms with E-state index in [1.165, 1.54) is 5.56 Å². The van der Waals surface area contributed by atoms with Gasteiger partial charge in [0.1, 0.15) is 5.75 Å². The molecule has 1 aromatic rings. The zero-order valence-corrected chi connectivity index (χ0v) is 9.66. The summed E-state index contributed by atoms with van der Waals surface area (Å²) in [5, 5.41) is 3.26. The lowest BCUT2D eigenvalue weighted by Gasteiger charge is -2.20. The minimum atomic E-state index is 0.173. The predicted molar refractivity (Wildman–Crippen MR) is 63.1 cm³/mol. The van der Waals surface area contributed by atoms with Crippen LogP contribution in [0.15, 0.2) is 24.3 Å². The second kappa shape index (κ2) is 5.73. The Morgan fingerprint density at radius 2 is 2.07 bits per heavy atom. The molecule has 2 unspecified atom stereocenters. The Morgan fingerprint density at radius 1 is 1.40 bits per heavy atom. The highest BCUT2D eigenvalue weighted by molar-refractivity contribution is 5.35. The van der Waals surface area contributed by atoms with Crippen LogP contribution in [0.2, 0.25) is 0 Å². The van der Waals surface area contributed by atoms with Crippen molar-refractivity contribution < 1.29 is 4.74 Å². The van der Waals surface area contributed by atoms with Gasteiger partial charge in [-0.2, -0.15) is 0 Å². The van der Waals surface area contributed by atoms with Gasteiger partial charge in [-0.15, -0.1) is 0 Å². The number of nitrogens with one attached hydrogen (secondary N) is 1. The molecule has 0 aliphatic rings. The lowest BCUT2D eigenvalue weighted by molar-refractivity contribution is 0.395. The van der Waals surface area contributed by atoms with Gasteiger partial charge in [-0.25, -0.2) is 0 Å². The van der Waals surface area contributed by atoms with Crippen LogP contribution in [-0.2, 0) is 0 Å². The normalized spacial score (nSPS) is 14.7. The number of hydrogen-bond acceptors (Lipinski definition) is 3. The summed E-state index contributed by atoms with van der Waals surface area (Å²) in [6.07, 6.45) is 0.900. The van der Waals surface area contributed by atoms with E-state index < -0.39 is 0 Å². The molecule has 0 radical (unpaired) electrons. The fourth-order valence-corrected chi connectivity index (χ4v) is 1.73. The van der Waals surface area contributed by atoms with Gasteiger partial charge in [-0.3, -0.25) is 0 Å². The summed E-state index contributed by atoms with van der Waals surface area (Å²) in [6, 6.07) is 8.46. The van der Waals surface area contributed by atoms with Crippen LogP contribution in [0.5, 0.6) is 5.75 Å². The van der Waals surface area contributed by atoms with Gasteiger partial charge in [0.25, 0.3) is 0 Å². The van der Waals surface area contributed by atoms with E-state index in [-0.39, 0.29) is 12.1 Å². The molecule has 0 bridgehead atoms. The van der Waals surface area contributed by atoms with Gasteiger partial charge in [-0.05, 0) is 26.5 Å². The van der Waals surface area contributed by atoms with Gasteiger partial charge in [0, 0.05) is 17.6 Å². The van der Waals surface area contributed by atoms with Crippen molar-refractivity contribution >= 4 is 0 Å². The smallest absolute Gasteiger partial charge is 0.123 e. The molecule has 0 saturated carbocycles. The summed E-state index contributed by atoms with van der Waals surface area (Å²) in [6.45, 7) is 2.01. The molecular weight excluding hydrogens is 188 g/mol. The summed E-state index contributed by atoms with van der Waals surface area (Å²) in [4.78, 5) is 0. The molecular formula is C12H20N2O. The van der Waals surface area contributed by atoms with Gasteiger partial charge in [-0.1, -0.05) is 18.2 Å². The quantitative estimate of drug-likeness (QED) is 0.774. The van der Waals surface area contributed by atoms with E-state index >= 15 is 0 Å². The average molecular weight is 208 g/mol. The summed E-state index contributed by atoms with van der Waals surface area (Å²) < 4.78 is 5.33. The first-order valence-electron chi connectivity index (χ1n) is 5.24. The summed E-state index contributed by atoms with van der Waals surface area (Å²) in [5.41, 5.74) is 6.98. The third-order valence-corrected chi connectivity index (χ3v) is 2.47. The molecule has 15 heavy (non-hydrogen) atoms. The largest absolute Gasteiger partial charge is 0.496 e. The van der Waals surface area contributed by atoms with Crippen LogP contribution < -0.4 is 15.8 Å². The lowest BCUT2D eigenvalue weighted by Crippen LogP contribution is -2.26. The Labute approximate surface area is 91.6 Å². The second-order valence-electron chi connectivity index (χ2n) is 3.80. The molecule has 1 rings (SSSR count). The molecule has 3 nitrogen and oxygen atoms in total. The summed E-state index contributed by atoms with van der Waals surface area (Å²) in [7, 11) is 3.64. The van der Waals surface area contributed by atoms with Gasteiger partial charge in [0.05, 0.1) is 7.11 Å². The first-order valence-corrected chi connectivity index (χ1v) is 5.24. The molecule has 84 valence electrons. The van der Waals surface area contributed by atoms with Gasteiger partial charge >= 0.3 is 0 Å². The molecule has 0 spiro atoms. The number of benzene rings is 1. The summed E-state index contributed by atoms with van der Waals surface area (Å²) >= 11 is 0. The topological polar surface area (TPSA) is 47.3 Å². The Bertz CT molecular complexity index is 299. The van der Waals surface area contributed by atoms with E-state index in [1.807, 2.05) is 32.2 Å². The molecule has 0 saturated heterocycles. The third-order valence-electron chi connectivity index (χ3n) is 2.47. The fraction of sp³-hybridized carbons (Fsp3) is 0.500. The van der Waals surface area contributed by atoms with E-state index in [9.17, 15) is 0 Å². The highest BCUT2D eigenvalue weighted by atomic mass is 16.5. The Kier molecular flexibility index (Phi) is 4.59. The molecule has 0 fully saturated rings. The molecule has 3 heteroatoms. The monoisotopic (exact) mass is 208 g/mol. The van der Waals surface area contributed by atoms with Crippen LogP contribution in [0.3, 0.4) is 0 Å². The number of para-hydroxylation sites is 1. The Hall–Kier alpha value is -1.06. The standard InChI is InChI=1S/C12H20N2O/c1-9(13)8-11(14-2)10-6-4-5-7-12(10)15-3/h4-7,9,11,14H,8,13H2,1-3H3. The zero-order chi connectivity index (χ0) is 11.3. The van der Waals surface area contributed by atoms with E-state index in [2.05, 4.69) is 11.4 Å². The molecule has 0 aromatic heterocycles. The third kappa shape index (κ3) is 3.22. The van der Waals surface area contributed by atoms with E-state index in [4.69, 9.17) is 10.5 Å². The summed E-state index contributed by atoms with van der Waals surface area (Å²) in [5.74, 6) is 0.914. The second-order valence-corrected chi connectivity index (χ2v) is 3.80. The highest BCUT2D eigenvalue weighted by Gasteiger charge is 2.14. The van der Waals surface area contributed by atoms with Crippen molar-refractivity contribution in [1.82, 2.24) is 5.32 Å². The maximum absolute atomic E-state index is 5.82. The van der Waals surface area contributed by atoms with Crippen LogP contribution in [0.25, 0.3) is 0 Å². The van der Waals surface area contributed by atoms with Crippen molar-refractivity contribution in [3.8, 4) is 5.75 Å². The van der Waals surface area contributed by atoms with Crippen LogP contribution >= 0.6 is 0 Å². The van der Waals surface area contributed by atoms with Crippen LogP contribution in [0, 0.1) is 0 Å². The Morgan fingerprint density at radius 3 is 2.60 bits per heavy atom. The maximum atomic E-state index is 5.82. The minimum absolute atomic E-state index is 0.173. The van der Waals surface area contributed by atoms with Crippen molar-refractivity contribution in [1.29, 1.82) is 0 Å². The van der Waals surface area contributed by atoms with Crippen LogP contribution in [0.4, 0.5) is 0 Å². The van der Waals surface area contributed by atoms with E-state index in [1.54, 1.807) is 7.11 Å². The predicted octanol–water partition coefficient (Wildman–Crippen LogP) is 1.69. The number of hydrogen-bond donors (Lipinski definition) is 2. The number of rotatable bonds is 5. The molecule has 0 aliphatic heterocycles. The molecule has 3 N–H and O–H groups in total. The van der Waals surface area contributed by atoms with Gasteiger partial charge in [0.2, 0.25) is 0 Å². The minimum Gasteiger partial charge on any atom is -0.496 e. The van der Waals surface area contributed by atoms with Crippen molar-refractivity contribution in [2.75, 3.05) is 14.2 Å². The first kappa shape index (κ1) is 12.0. The van der Waals surface area contributed by atoms with E-state index in [0.717, 1.165) is 12.2 Å². The number of nitrogens with two attached hydrogens (primary N) is 1. The highest BCUT2D eigenvalue weighted by Crippen LogP contribution is 2.27. The fourth-order valence-electron chi connectivity index (χ4n) is 1.73. The molecule has 0 aliphatic carbocycles. The maximum Gasteiger partial charge on any atom is 0.123 e. The molecule has 2 atom stereocenters. The lowest BCUT2D eigenvalue weighted by atomic mass is 9.99.